The molecule has 35 heavy (non-hydrogen) atoms. The van der Waals surface area contributed by atoms with E-state index in [2.05, 4.69) is 19.9 Å². The van der Waals surface area contributed by atoms with Gasteiger partial charge in [0.25, 0.3) is 10.0 Å². The van der Waals surface area contributed by atoms with Crippen LogP contribution in [0.5, 0.6) is 0 Å². The van der Waals surface area contributed by atoms with Crippen LogP contribution in [0.25, 0.3) is 28.2 Å². The molecule has 0 aliphatic heterocycles. The number of hydrogen-bond acceptors (Lipinski definition) is 5. The molecule has 1 N–H and O–H groups in total. The lowest BCUT2D eigenvalue weighted by atomic mass is 10.1. The van der Waals surface area contributed by atoms with E-state index < -0.39 is 21.8 Å². The number of aryl methyl sites for hydroxylation is 1. The van der Waals surface area contributed by atoms with Crippen molar-refractivity contribution in [2.24, 2.45) is 7.05 Å². The number of nitrogens with one attached hydrogen (secondary N) is 1. The van der Waals surface area contributed by atoms with Crippen LogP contribution in [0.4, 0.5) is 18.9 Å². The number of hydrogen-bond donors (Lipinski definition) is 1. The highest BCUT2D eigenvalue weighted by Crippen LogP contribution is 2.30. The van der Waals surface area contributed by atoms with E-state index in [1.54, 1.807) is 51.9 Å². The number of nitrogens with zero attached hydrogens (tertiary/aromatic N) is 5. The van der Waals surface area contributed by atoms with Gasteiger partial charge in [-0.15, -0.1) is 0 Å². The van der Waals surface area contributed by atoms with Gasteiger partial charge in [0.1, 0.15) is 0 Å². The van der Waals surface area contributed by atoms with E-state index in [4.69, 9.17) is 0 Å². The SMILES string of the molecule is Cn1cc(-c2cnc3ccc(-c4ccc(NS(=O)(=O)c5ccc(C(F)(F)F)cc5)cc4)nn23)cn1. The summed E-state index contributed by atoms with van der Waals surface area (Å²) in [4.78, 5) is 4.09. The third kappa shape index (κ3) is 4.47. The zero-order valence-corrected chi connectivity index (χ0v) is 18.9. The molecule has 178 valence electrons. The molecular weight excluding hydrogens is 481 g/mol. The van der Waals surface area contributed by atoms with Gasteiger partial charge in [-0.3, -0.25) is 9.40 Å². The highest BCUT2D eigenvalue weighted by Gasteiger charge is 2.30. The van der Waals surface area contributed by atoms with Crippen LogP contribution in [0.3, 0.4) is 0 Å². The summed E-state index contributed by atoms with van der Waals surface area (Å²) in [6, 6.07) is 13.4. The Morgan fingerprint density at radius 3 is 2.23 bits per heavy atom. The average Bonchev–Trinajstić information content (AvgIpc) is 3.44. The van der Waals surface area contributed by atoms with Crippen LogP contribution in [0.2, 0.25) is 0 Å². The van der Waals surface area contributed by atoms with Crippen molar-refractivity contribution in [2.75, 3.05) is 4.72 Å². The summed E-state index contributed by atoms with van der Waals surface area (Å²) < 4.78 is 69.2. The fourth-order valence-corrected chi connectivity index (χ4v) is 4.58. The number of sulfonamides is 1. The van der Waals surface area contributed by atoms with E-state index in [1.807, 2.05) is 19.3 Å². The standard InChI is InChI=1S/C23H17F3N6O2S/c1-31-14-16(12-28-31)21-13-27-22-11-10-20(29-32(21)22)15-2-6-18(7-3-15)30-35(33,34)19-8-4-17(5-9-19)23(24,25)26/h2-14,30H,1H3. The largest absolute Gasteiger partial charge is 0.416 e. The van der Waals surface area contributed by atoms with Gasteiger partial charge in [0.2, 0.25) is 0 Å². The molecule has 0 radical (unpaired) electrons. The van der Waals surface area contributed by atoms with Crippen molar-refractivity contribution < 1.29 is 21.6 Å². The second-order valence-electron chi connectivity index (χ2n) is 7.74. The molecule has 12 heteroatoms. The molecular formula is C23H17F3N6O2S. The van der Waals surface area contributed by atoms with Crippen LogP contribution in [0, 0.1) is 0 Å². The second kappa shape index (κ2) is 8.24. The quantitative estimate of drug-likeness (QED) is 0.382. The van der Waals surface area contributed by atoms with Gasteiger partial charge in [-0.25, -0.2) is 17.9 Å². The van der Waals surface area contributed by atoms with Crippen LogP contribution in [0.15, 0.2) is 84.1 Å². The molecule has 0 spiro atoms. The van der Waals surface area contributed by atoms with Gasteiger partial charge in [-0.05, 0) is 48.5 Å². The number of imidazole rings is 1. The van der Waals surface area contributed by atoms with E-state index in [0.717, 1.165) is 41.1 Å². The summed E-state index contributed by atoms with van der Waals surface area (Å²) in [6.45, 7) is 0. The number of rotatable bonds is 5. The van der Waals surface area contributed by atoms with Gasteiger partial charge in [0.05, 0.1) is 34.2 Å². The molecule has 0 aliphatic carbocycles. The summed E-state index contributed by atoms with van der Waals surface area (Å²) in [5, 5.41) is 8.83. The Hall–Kier alpha value is -4.19. The van der Waals surface area contributed by atoms with E-state index >= 15 is 0 Å². The lowest BCUT2D eigenvalue weighted by molar-refractivity contribution is -0.137. The predicted octanol–water partition coefficient (Wildman–Crippen LogP) is 4.62. The molecule has 0 atom stereocenters. The summed E-state index contributed by atoms with van der Waals surface area (Å²) in [7, 11) is -2.24. The Balaban J connectivity index is 1.39. The average molecular weight is 498 g/mol. The summed E-state index contributed by atoms with van der Waals surface area (Å²) in [6.07, 6.45) is 0.741. The number of halogens is 3. The number of benzene rings is 2. The molecule has 3 aromatic heterocycles. The van der Waals surface area contributed by atoms with Crippen LogP contribution in [-0.2, 0) is 23.2 Å². The Morgan fingerprint density at radius 2 is 1.60 bits per heavy atom. The predicted molar refractivity (Wildman–Crippen MR) is 123 cm³/mol. The normalized spacial score (nSPS) is 12.2. The maximum atomic E-state index is 12.7. The highest BCUT2D eigenvalue weighted by molar-refractivity contribution is 7.92. The molecule has 5 rings (SSSR count). The molecule has 0 saturated heterocycles. The van der Waals surface area contributed by atoms with Crippen LogP contribution in [0.1, 0.15) is 5.56 Å². The van der Waals surface area contributed by atoms with E-state index in [9.17, 15) is 21.6 Å². The number of anilines is 1. The Labute approximate surface area is 197 Å². The molecule has 0 saturated carbocycles. The van der Waals surface area contributed by atoms with Crippen molar-refractivity contribution >= 4 is 21.4 Å². The number of fused-ring (bicyclic) bond motifs is 1. The fraction of sp³-hybridized carbons (Fsp3) is 0.0870. The minimum atomic E-state index is -4.54. The monoisotopic (exact) mass is 498 g/mol. The topological polar surface area (TPSA) is 94.2 Å². The minimum Gasteiger partial charge on any atom is -0.280 e. The number of aromatic nitrogens is 5. The molecule has 0 aliphatic rings. The minimum absolute atomic E-state index is 0.258. The van der Waals surface area contributed by atoms with Gasteiger partial charge in [-0.2, -0.15) is 23.4 Å². The fourth-order valence-electron chi connectivity index (χ4n) is 3.52. The molecule has 3 heterocycles. The maximum Gasteiger partial charge on any atom is 0.416 e. The van der Waals surface area contributed by atoms with Crippen molar-refractivity contribution in [1.82, 2.24) is 24.4 Å². The molecule has 0 bridgehead atoms. The lowest BCUT2D eigenvalue weighted by Gasteiger charge is -2.11. The number of alkyl halides is 3. The van der Waals surface area contributed by atoms with Crippen LogP contribution >= 0.6 is 0 Å². The van der Waals surface area contributed by atoms with Crippen molar-refractivity contribution in [2.45, 2.75) is 11.1 Å². The third-order valence-corrected chi connectivity index (χ3v) is 6.68. The van der Waals surface area contributed by atoms with Gasteiger partial charge in [0.15, 0.2) is 5.65 Å². The summed E-state index contributed by atoms with van der Waals surface area (Å²) in [5.41, 5.74) is 3.00. The van der Waals surface area contributed by atoms with Crippen molar-refractivity contribution in [3.8, 4) is 22.5 Å². The van der Waals surface area contributed by atoms with E-state index in [1.165, 1.54) is 0 Å². The van der Waals surface area contributed by atoms with Gasteiger partial charge >= 0.3 is 6.18 Å². The first-order valence-electron chi connectivity index (χ1n) is 10.2. The Kier molecular flexibility index (Phi) is 5.32. The van der Waals surface area contributed by atoms with Crippen LogP contribution in [-0.4, -0.2) is 32.8 Å². The second-order valence-corrected chi connectivity index (χ2v) is 9.42. The van der Waals surface area contributed by atoms with Gasteiger partial charge in [0, 0.05) is 30.1 Å². The van der Waals surface area contributed by atoms with Crippen molar-refractivity contribution in [3.05, 3.63) is 84.8 Å². The maximum absolute atomic E-state index is 12.7. The molecule has 0 fully saturated rings. The van der Waals surface area contributed by atoms with Crippen molar-refractivity contribution in [1.29, 1.82) is 0 Å². The first-order valence-corrected chi connectivity index (χ1v) is 11.7. The van der Waals surface area contributed by atoms with Crippen LogP contribution < -0.4 is 4.72 Å². The molecule has 5 aromatic rings. The lowest BCUT2D eigenvalue weighted by Crippen LogP contribution is -2.13. The van der Waals surface area contributed by atoms with Gasteiger partial charge in [-0.1, -0.05) is 12.1 Å². The third-order valence-electron chi connectivity index (χ3n) is 5.29. The highest BCUT2D eigenvalue weighted by atomic mass is 32.2. The first-order chi connectivity index (χ1) is 16.6. The van der Waals surface area contributed by atoms with E-state index in [0.29, 0.717) is 11.3 Å². The zero-order valence-electron chi connectivity index (χ0n) is 18.1. The van der Waals surface area contributed by atoms with Gasteiger partial charge < -0.3 is 0 Å². The molecule has 8 nitrogen and oxygen atoms in total. The summed E-state index contributed by atoms with van der Waals surface area (Å²) in [5.74, 6) is 0. The smallest absolute Gasteiger partial charge is 0.280 e. The van der Waals surface area contributed by atoms with Crippen molar-refractivity contribution in [3.63, 3.8) is 0 Å². The molecule has 0 amide bonds. The Morgan fingerprint density at radius 1 is 0.886 bits per heavy atom. The zero-order chi connectivity index (χ0) is 24.8. The Bertz CT molecular complexity index is 1620. The molecule has 2 aromatic carbocycles. The molecule has 0 unspecified atom stereocenters. The first kappa shape index (κ1) is 22.6. The van der Waals surface area contributed by atoms with E-state index in [-0.39, 0.29) is 10.6 Å². The summed E-state index contributed by atoms with van der Waals surface area (Å²) >= 11 is 0.